The molecule has 1 atom stereocenters. The molecular formula is C22H29N3O. The number of pyridine rings is 1. The van der Waals surface area contributed by atoms with Crippen molar-refractivity contribution in [3.8, 4) is 0 Å². The van der Waals surface area contributed by atoms with Gasteiger partial charge in [-0.1, -0.05) is 32.0 Å². The Balaban J connectivity index is 1.55. The molecule has 26 heavy (non-hydrogen) atoms. The average molecular weight is 351 g/mol. The minimum absolute atomic E-state index is 0.318. The first-order valence-corrected chi connectivity index (χ1v) is 9.96. The summed E-state index contributed by atoms with van der Waals surface area (Å²) >= 11 is 0. The molecule has 2 aromatic rings. The van der Waals surface area contributed by atoms with Gasteiger partial charge in [0.1, 0.15) is 0 Å². The van der Waals surface area contributed by atoms with Crippen LogP contribution in [0.4, 0.5) is 0 Å². The maximum Gasteiger partial charge on any atom is 0.224 e. The van der Waals surface area contributed by atoms with Crippen molar-refractivity contribution >= 4 is 16.8 Å². The van der Waals surface area contributed by atoms with Crippen LogP contribution in [0.15, 0.2) is 36.5 Å². The zero-order chi connectivity index (χ0) is 18.1. The Hall–Kier alpha value is -1.94. The molecule has 4 nitrogen and oxygen atoms in total. The molecule has 1 aromatic carbocycles. The third kappa shape index (κ3) is 3.75. The molecule has 1 saturated heterocycles. The third-order valence-corrected chi connectivity index (χ3v) is 5.86. The fourth-order valence-corrected chi connectivity index (χ4v) is 4.10. The molecule has 138 valence electrons. The van der Waals surface area contributed by atoms with Crippen molar-refractivity contribution in [3.05, 3.63) is 42.1 Å². The molecule has 2 heterocycles. The lowest BCUT2D eigenvalue weighted by molar-refractivity contribution is -0.133. The Labute approximate surface area is 156 Å². The van der Waals surface area contributed by atoms with Crippen molar-refractivity contribution in [1.82, 2.24) is 14.8 Å². The van der Waals surface area contributed by atoms with Gasteiger partial charge in [-0.25, -0.2) is 0 Å². The predicted molar refractivity (Wildman–Crippen MR) is 105 cm³/mol. The van der Waals surface area contributed by atoms with Gasteiger partial charge in [0, 0.05) is 50.2 Å². The normalized spacial score (nSPS) is 22.2. The number of hydrogen-bond acceptors (Lipinski definition) is 3. The minimum Gasteiger partial charge on any atom is -0.338 e. The summed E-state index contributed by atoms with van der Waals surface area (Å²) < 4.78 is 0. The fourth-order valence-electron chi connectivity index (χ4n) is 4.10. The van der Waals surface area contributed by atoms with E-state index in [0.29, 0.717) is 24.3 Å². The van der Waals surface area contributed by atoms with Crippen LogP contribution in [0.1, 0.15) is 38.7 Å². The first-order valence-electron chi connectivity index (χ1n) is 9.96. The lowest BCUT2D eigenvalue weighted by atomic mass is 10.0. The van der Waals surface area contributed by atoms with Gasteiger partial charge in [0.2, 0.25) is 5.91 Å². The summed E-state index contributed by atoms with van der Waals surface area (Å²) in [5, 5.41) is 1.22. The highest BCUT2D eigenvalue weighted by atomic mass is 16.2. The van der Waals surface area contributed by atoms with E-state index in [0.717, 1.165) is 37.6 Å². The predicted octanol–water partition coefficient (Wildman–Crippen LogP) is 3.70. The van der Waals surface area contributed by atoms with Gasteiger partial charge in [-0.2, -0.15) is 0 Å². The second-order valence-corrected chi connectivity index (χ2v) is 8.27. The average Bonchev–Trinajstić information content (AvgIpc) is 3.47. The first kappa shape index (κ1) is 17.5. The van der Waals surface area contributed by atoms with Gasteiger partial charge in [0.25, 0.3) is 0 Å². The summed E-state index contributed by atoms with van der Waals surface area (Å²) in [6.45, 7) is 8.17. The molecule has 2 fully saturated rings. The number of carbonyl (C=O) groups is 1. The Morgan fingerprint density at radius 1 is 1.19 bits per heavy atom. The summed E-state index contributed by atoms with van der Waals surface area (Å²) in [5.41, 5.74) is 2.35. The molecule has 1 aromatic heterocycles. The zero-order valence-electron chi connectivity index (χ0n) is 15.9. The first-order chi connectivity index (χ1) is 12.6. The number of benzene rings is 1. The summed E-state index contributed by atoms with van der Waals surface area (Å²) in [4.78, 5) is 21.9. The third-order valence-electron chi connectivity index (χ3n) is 5.86. The van der Waals surface area contributed by atoms with E-state index in [4.69, 9.17) is 0 Å². The van der Waals surface area contributed by atoms with Crippen LogP contribution < -0.4 is 0 Å². The molecule has 4 heteroatoms. The van der Waals surface area contributed by atoms with Crippen LogP contribution in [-0.4, -0.2) is 46.4 Å². The van der Waals surface area contributed by atoms with E-state index in [-0.39, 0.29) is 0 Å². The summed E-state index contributed by atoms with van der Waals surface area (Å²) in [6, 6.07) is 10.8. The minimum atomic E-state index is 0.318. The van der Waals surface area contributed by atoms with Crippen LogP contribution in [0, 0.1) is 11.8 Å². The number of para-hydroxylation sites is 1. The van der Waals surface area contributed by atoms with Crippen LogP contribution in [0.25, 0.3) is 10.9 Å². The van der Waals surface area contributed by atoms with Gasteiger partial charge in [-0.05, 0) is 42.4 Å². The van der Waals surface area contributed by atoms with Crippen molar-refractivity contribution in [1.29, 1.82) is 0 Å². The summed E-state index contributed by atoms with van der Waals surface area (Å²) in [5.74, 6) is 1.57. The van der Waals surface area contributed by atoms with E-state index >= 15 is 0 Å². The highest BCUT2D eigenvalue weighted by Gasteiger charge is 2.35. The molecule has 0 spiro atoms. The Bertz CT molecular complexity index is 779. The lowest BCUT2D eigenvalue weighted by Gasteiger charge is -2.35. The monoisotopic (exact) mass is 351 g/mol. The number of fused-ring (bicyclic) bond motifs is 1. The Kier molecular flexibility index (Phi) is 4.94. The molecule has 1 amide bonds. The van der Waals surface area contributed by atoms with Gasteiger partial charge >= 0.3 is 0 Å². The highest BCUT2D eigenvalue weighted by Crippen LogP contribution is 2.32. The summed E-state index contributed by atoms with van der Waals surface area (Å²) in [6.07, 6.45) is 5.13. The molecule has 0 bridgehead atoms. The van der Waals surface area contributed by atoms with Crippen LogP contribution in [0.5, 0.6) is 0 Å². The molecule has 4 rings (SSSR count). The highest BCUT2D eigenvalue weighted by molar-refractivity contribution is 5.81. The Morgan fingerprint density at radius 3 is 2.77 bits per heavy atom. The number of amides is 1. The van der Waals surface area contributed by atoms with Crippen molar-refractivity contribution in [2.24, 2.45) is 11.8 Å². The second kappa shape index (κ2) is 7.36. The number of nitrogens with zero attached hydrogens (tertiary/aromatic N) is 3. The topological polar surface area (TPSA) is 36.4 Å². The van der Waals surface area contributed by atoms with Crippen molar-refractivity contribution in [2.75, 3.05) is 19.6 Å². The van der Waals surface area contributed by atoms with Gasteiger partial charge in [0.15, 0.2) is 0 Å². The lowest BCUT2D eigenvalue weighted by Crippen LogP contribution is -2.47. The van der Waals surface area contributed by atoms with Gasteiger partial charge in [-0.3, -0.25) is 14.7 Å². The van der Waals surface area contributed by atoms with Crippen molar-refractivity contribution in [3.63, 3.8) is 0 Å². The van der Waals surface area contributed by atoms with E-state index < -0.39 is 0 Å². The van der Waals surface area contributed by atoms with Gasteiger partial charge < -0.3 is 4.90 Å². The van der Waals surface area contributed by atoms with Crippen molar-refractivity contribution in [2.45, 2.75) is 45.7 Å². The van der Waals surface area contributed by atoms with E-state index in [2.05, 4.69) is 52.9 Å². The molecule has 1 unspecified atom stereocenters. The quantitative estimate of drug-likeness (QED) is 0.824. The number of rotatable bonds is 5. The molecule has 1 saturated carbocycles. The largest absolute Gasteiger partial charge is 0.338 e. The molecule has 1 aliphatic carbocycles. The molecule has 1 aliphatic heterocycles. The fraction of sp³-hybridized carbons (Fsp3) is 0.545. The number of aromatic nitrogens is 1. The Morgan fingerprint density at radius 2 is 2.00 bits per heavy atom. The van der Waals surface area contributed by atoms with E-state index in [9.17, 15) is 4.79 Å². The van der Waals surface area contributed by atoms with Crippen LogP contribution >= 0.6 is 0 Å². The maximum absolute atomic E-state index is 12.8. The SMILES string of the molecule is CC(C)C1CN(Cc2ccnc3ccccc23)CCC(=O)N1CC1CC1. The van der Waals surface area contributed by atoms with E-state index in [1.807, 2.05) is 12.3 Å². The number of hydrogen-bond donors (Lipinski definition) is 0. The zero-order valence-corrected chi connectivity index (χ0v) is 15.9. The molecule has 2 aliphatic rings. The van der Waals surface area contributed by atoms with Crippen molar-refractivity contribution < 1.29 is 4.79 Å². The number of carbonyl (C=O) groups excluding carboxylic acids is 1. The second-order valence-electron chi connectivity index (χ2n) is 8.27. The maximum atomic E-state index is 12.8. The van der Waals surface area contributed by atoms with E-state index in [1.54, 1.807) is 0 Å². The van der Waals surface area contributed by atoms with Crippen LogP contribution in [0.2, 0.25) is 0 Å². The molecule has 0 radical (unpaired) electrons. The summed E-state index contributed by atoms with van der Waals surface area (Å²) in [7, 11) is 0. The van der Waals surface area contributed by atoms with Crippen LogP contribution in [-0.2, 0) is 11.3 Å². The van der Waals surface area contributed by atoms with Gasteiger partial charge in [-0.15, -0.1) is 0 Å². The van der Waals surface area contributed by atoms with Crippen LogP contribution in [0.3, 0.4) is 0 Å². The van der Waals surface area contributed by atoms with Gasteiger partial charge in [0.05, 0.1) is 5.52 Å². The smallest absolute Gasteiger partial charge is 0.224 e. The molecular weight excluding hydrogens is 322 g/mol. The standard InChI is InChI=1S/C22H29N3O/c1-16(2)21-15-24(12-10-22(26)25(21)13-17-7-8-17)14-18-9-11-23-20-6-4-3-5-19(18)20/h3-6,9,11,16-17,21H,7-8,10,12-15H2,1-2H3. The van der Waals surface area contributed by atoms with E-state index in [1.165, 1.54) is 23.8 Å². The molecule has 0 N–H and O–H groups in total.